The number of hydrogen-bond donors (Lipinski definition) is 0. The molecule has 0 saturated carbocycles. The highest BCUT2D eigenvalue weighted by Crippen LogP contribution is 2.38. The fourth-order valence-electron chi connectivity index (χ4n) is 5.51. The Hall–Kier alpha value is -5.83. The first-order valence-electron chi connectivity index (χ1n) is 12.1. The fraction of sp³-hybridized carbons (Fsp3) is 0. The zero-order valence-corrected chi connectivity index (χ0v) is 20.1. The van der Waals surface area contributed by atoms with Crippen molar-refractivity contribution in [3.8, 4) is 17.4 Å². The van der Waals surface area contributed by atoms with Crippen LogP contribution in [0.15, 0.2) is 103 Å². The Balaban J connectivity index is 1.58. The summed E-state index contributed by atoms with van der Waals surface area (Å²) < 4.78 is 4.38. The van der Waals surface area contributed by atoms with Crippen molar-refractivity contribution in [3.05, 3.63) is 132 Å². The maximum absolute atomic E-state index is 9.49. The molecule has 5 nitrogen and oxygen atoms in total. The second kappa shape index (κ2) is 8.10. The lowest BCUT2D eigenvalue weighted by Crippen LogP contribution is -1.95. The average Bonchev–Trinajstić information content (AvgIpc) is 3.48. The summed E-state index contributed by atoms with van der Waals surface area (Å²) in [5.74, 6) is 0. The van der Waals surface area contributed by atoms with Gasteiger partial charge >= 0.3 is 0 Å². The van der Waals surface area contributed by atoms with Crippen LogP contribution in [0.25, 0.3) is 64.7 Å². The largest absolute Gasteiger partial charge is 0.311 e. The molecule has 0 spiro atoms. The van der Waals surface area contributed by atoms with E-state index >= 15 is 0 Å². The number of benzene rings is 5. The molecule has 0 fully saturated rings. The highest BCUT2D eigenvalue weighted by Gasteiger charge is 2.17. The molecular formula is C33H17N5. The summed E-state index contributed by atoms with van der Waals surface area (Å²) in [6, 6.07) is 36.1. The third kappa shape index (κ3) is 3.02. The summed E-state index contributed by atoms with van der Waals surface area (Å²) in [6.45, 7) is 15.1. The van der Waals surface area contributed by atoms with Crippen molar-refractivity contribution in [3.63, 3.8) is 0 Å². The number of para-hydroxylation sites is 1. The molecule has 38 heavy (non-hydrogen) atoms. The van der Waals surface area contributed by atoms with Gasteiger partial charge in [-0.2, -0.15) is 5.26 Å². The molecule has 7 aromatic rings. The Morgan fingerprint density at radius 1 is 0.526 bits per heavy atom. The first-order chi connectivity index (χ1) is 18.7. The van der Waals surface area contributed by atoms with Gasteiger partial charge in [-0.15, -0.1) is 0 Å². The standard InChI is InChI=1S/C33H17N5/c1-35-22-6-5-7-24(17-22)37-32-14-11-23(36-2)18-28(32)29-19-25(12-15-33(29)37)38-30-9-4-3-8-26(30)27-16-21(20-34)10-13-31(27)38/h3-19H. The summed E-state index contributed by atoms with van der Waals surface area (Å²) in [4.78, 5) is 7.30. The molecule has 174 valence electrons. The van der Waals surface area contributed by atoms with E-state index in [-0.39, 0.29) is 0 Å². The Kier molecular flexibility index (Phi) is 4.57. The monoisotopic (exact) mass is 483 g/mol. The lowest BCUT2D eigenvalue weighted by Gasteiger charge is -2.10. The van der Waals surface area contributed by atoms with Crippen molar-refractivity contribution in [2.75, 3.05) is 0 Å². The van der Waals surface area contributed by atoms with Gasteiger partial charge in [-0.1, -0.05) is 36.4 Å². The van der Waals surface area contributed by atoms with E-state index < -0.39 is 0 Å². The average molecular weight is 484 g/mol. The maximum Gasteiger partial charge on any atom is 0.189 e. The third-order valence-electron chi connectivity index (χ3n) is 7.14. The molecule has 0 aliphatic rings. The van der Waals surface area contributed by atoms with Gasteiger partial charge in [-0.25, -0.2) is 9.69 Å². The van der Waals surface area contributed by atoms with E-state index in [0.29, 0.717) is 16.9 Å². The highest BCUT2D eigenvalue weighted by atomic mass is 15.0. The van der Waals surface area contributed by atoms with E-state index in [0.717, 1.165) is 55.0 Å². The smallest absolute Gasteiger partial charge is 0.189 e. The molecule has 0 bridgehead atoms. The van der Waals surface area contributed by atoms with Gasteiger partial charge in [0, 0.05) is 27.5 Å². The van der Waals surface area contributed by atoms with Gasteiger partial charge in [0.15, 0.2) is 11.4 Å². The molecule has 0 aliphatic heterocycles. The van der Waals surface area contributed by atoms with Gasteiger partial charge in [0.05, 0.1) is 46.8 Å². The number of rotatable bonds is 2. The molecule has 0 amide bonds. The van der Waals surface area contributed by atoms with E-state index in [1.54, 1.807) is 6.07 Å². The Labute approximate surface area is 218 Å². The molecule has 0 aliphatic carbocycles. The molecule has 0 N–H and O–H groups in total. The lowest BCUT2D eigenvalue weighted by atomic mass is 10.1. The van der Waals surface area contributed by atoms with Crippen LogP contribution in [0.4, 0.5) is 11.4 Å². The summed E-state index contributed by atoms with van der Waals surface area (Å²) in [7, 11) is 0. The van der Waals surface area contributed by atoms with Crippen LogP contribution in [0.3, 0.4) is 0 Å². The molecule has 0 saturated heterocycles. The van der Waals surface area contributed by atoms with Crippen LogP contribution >= 0.6 is 0 Å². The van der Waals surface area contributed by atoms with Crippen LogP contribution < -0.4 is 0 Å². The topological polar surface area (TPSA) is 42.4 Å². The molecule has 7 rings (SSSR count). The summed E-state index contributed by atoms with van der Waals surface area (Å²) in [6.07, 6.45) is 0. The molecule has 2 heterocycles. The lowest BCUT2D eigenvalue weighted by molar-refractivity contribution is 1.17. The van der Waals surface area contributed by atoms with Crippen molar-refractivity contribution in [2.24, 2.45) is 0 Å². The Morgan fingerprint density at radius 3 is 1.89 bits per heavy atom. The molecule has 5 heteroatoms. The molecule has 0 unspecified atom stereocenters. The van der Waals surface area contributed by atoms with Crippen LogP contribution in [-0.2, 0) is 0 Å². The number of fused-ring (bicyclic) bond motifs is 6. The summed E-state index contributed by atoms with van der Waals surface area (Å²) in [5.41, 5.74) is 7.76. The van der Waals surface area contributed by atoms with Gasteiger partial charge in [0.25, 0.3) is 0 Å². The van der Waals surface area contributed by atoms with E-state index in [4.69, 9.17) is 13.1 Å². The predicted molar refractivity (Wildman–Crippen MR) is 152 cm³/mol. The number of hydrogen-bond acceptors (Lipinski definition) is 1. The van der Waals surface area contributed by atoms with Crippen LogP contribution in [0.5, 0.6) is 0 Å². The quantitative estimate of drug-likeness (QED) is 0.226. The van der Waals surface area contributed by atoms with Crippen molar-refractivity contribution in [1.82, 2.24) is 9.13 Å². The number of aromatic nitrogens is 2. The number of nitrogens with zero attached hydrogens (tertiary/aromatic N) is 5. The first-order valence-corrected chi connectivity index (χ1v) is 12.1. The minimum atomic E-state index is 0.578. The molecule has 0 radical (unpaired) electrons. The van der Waals surface area contributed by atoms with Crippen molar-refractivity contribution >= 4 is 55.0 Å². The van der Waals surface area contributed by atoms with Crippen molar-refractivity contribution < 1.29 is 0 Å². The van der Waals surface area contributed by atoms with Crippen LogP contribution in [0.1, 0.15) is 5.56 Å². The van der Waals surface area contributed by atoms with Gasteiger partial charge in [0.1, 0.15) is 0 Å². The maximum atomic E-state index is 9.49. The van der Waals surface area contributed by atoms with E-state index in [1.807, 2.05) is 66.7 Å². The third-order valence-corrected chi connectivity index (χ3v) is 7.14. The molecule has 2 aromatic heterocycles. The van der Waals surface area contributed by atoms with Gasteiger partial charge in [0.2, 0.25) is 0 Å². The van der Waals surface area contributed by atoms with Gasteiger partial charge < -0.3 is 9.13 Å². The van der Waals surface area contributed by atoms with E-state index in [2.05, 4.69) is 55.2 Å². The summed E-state index contributed by atoms with van der Waals surface area (Å²) in [5, 5.41) is 13.6. The highest BCUT2D eigenvalue weighted by molar-refractivity contribution is 6.13. The molecule has 0 atom stereocenters. The van der Waals surface area contributed by atoms with Gasteiger partial charge in [-0.05, 0) is 72.1 Å². The second-order valence-electron chi connectivity index (χ2n) is 9.18. The van der Waals surface area contributed by atoms with E-state index in [1.165, 1.54) is 0 Å². The predicted octanol–water partition coefficient (Wildman–Crippen LogP) is 8.85. The van der Waals surface area contributed by atoms with Crippen LogP contribution in [0.2, 0.25) is 0 Å². The minimum Gasteiger partial charge on any atom is -0.311 e. The second-order valence-corrected chi connectivity index (χ2v) is 9.18. The zero-order valence-electron chi connectivity index (χ0n) is 20.1. The molecular weight excluding hydrogens is 466 g/mol. The minimum absolute atomic E-state index is 0.578. The van der Waals surface area contributed by atoms with E-state index in [9.17, 15) is 5.26 Å². The Bertz CT molecular complexity index is 2230. The Morgan fingerprint density at radius 2 is 1.13 bits per heavy atom. The fourth-order valence-corrected chi connectivity index (χ4v) is 5.51. The molecule has 5 aromatic carbocycles. The van der Waals surface area contributed by atoms with Crippen LogP contribution in [0, 0.1) is 24.5 Å². The SMILES string of the molecule is [C-]#[N+]c1cccc(-n2c3ccc([N+]#[C-])cc3c3cc(-n4c5ccccc5c5cc(C#N)ccc54)ccc32)c1. The first kappa shape index (κ1) is 21.5. The summed E-state index contributed by atoms with van der Waals surface area (Å²) >= 11 is 0. The van der Waals surface area contributed by atoms with Crippen molar-refractivity contribution in [2.45, 2.75) is 0 Å². The van der Waals surface area contributed by atoms with Crippen molar-refractivity contribution in [1.29, 1.82) is 5.26 Å². The van der Waals surface area contributed by atoms with Crippen LogP contribution in [-0.4, -0.2) is 9.13 Å². The zero-order chi connectivity index (χ0) is 25.8. The van der Waals surface area contributed by atoms with Gasteiger partial charge in [-0.3, -0.25) is 0 Å². The normalized spacial score (nSPS) is 11.1. The number of nitriles is 1.